The summed E-state index contributed by atoms with van der Waals surface area (Å²) in [5.74, 6) is 0.600. The third kappa shape index (κ3) is 6.37. The van der Waals surface area contributed by atoms with E-state index in [1.54, 1.807) is 60.5 Å². The van der Waals surface area contributed by atoms with Crippen molar-refractivity contribution < 1.29 is 37.0 Å². The van der Waals surface area contributed by atoms with Gasteiger partial charge in [0.1, 0.15) is 22.8 Å². The smallest absolute Gasteiger partial charge is 0.262 e. The highest BCUT2D eigenvalue weighted by molar-refractivity contribution is 7.89. The summed E-state index contributed by atoms with van der Waals surface area (Å²) in [7, 11) is -1.07. The number of carbonyl (C=O) groups excluding carboxylic acids is 2. The molecule has 45 heavy (non-hydrogen) atoms. The fraction of sp³-hybridized carbons (Fsp3) is 0.303. The molecule has 0 aliphatic carbocycles. The van der Waals surface area contributed by atoms with Gasteiger partial charge in [-0.05, 0) is 68.3 Å². The predicted octanol–water partition coefficient (Wildman–Crippen LogP) is 4.71. The minimum absolute atomic E-state index is 0.215. The predicted molar refractivity (Wildman–Crippen MR) is 170 cm³/mol. The van der Waals surface area contributed by atoms with Crippen LogP contribution >= 0.6 is 0 Å². The maximum absolute atomic E-state index is 13.9. The second-order valence-electron chi connectivity index (χ2n) is 10.4. The average Bonchev–Trinajstić information content (AvgIpc) is 3.34. The van der Waals surface area contributed by atoms with Crippen LogP contribution in [0.4, 0.5) is 5.69 Å². The van der Waals surface area contributed by atoms with Gasteiger partial charge in [-0.1, -0.05) is 12.1 Å². The Labute approximate surface area is 262 Å². The summed E-state index contributed by atoms with van der Waals surface area (Å²) >= 11 is 0. The van der Waals surface area contributed by atoms with Crippen molar-refractivity contribution in [1.29, 1.82) is 0 Å². The summed E-state index contributed by atoms with van der Waals surface area (Å²) in [6, 6.07) is 13.7. The highest BCUT2D eigenvalue weighted by Gasteiger charge is 2.37. The number of fused-ring (bicyclic) bond motifs is 2. The second kappa shape index (κ2) is 13.0. The lowest BCUT2D eigenvalue weighted by Gasteiger charge is -2.19. The molecule has 1 aliphatic rings. The summed E-state index contributed by atoms with van der Waals surface area (Å²) in [5, 5.41) is 0.695. The molecule has 3 aromatic carbocycles. The molecule has 0 fully saturated rings. The largest absolute Gasteiger partial charge is 0.497 e. The van der Waals surface area contributed by atoms with Gasteiger partial charge in [0.05, 0.1) is 51.7 Å². The number of pyridine rings is 1. The first-order chi connectivity index (χ1) is 21.6. The van der Waals surface area contributed by atoms with Crippen molar-refractivity contribution in [2.24, 2.45) is 0 Å². The third-order valence-electron chi connectivity index (χ3n) is 7.44. The third-order valence-corrected chi connectivity index (χ3v) is 8.69. The van der Waals surface area contributed by atoms with E-state index in [0.717, 1.165) is 0 Å². The molecule has 5 rings (SSSR count). The number of ether oxygens (including phenoxy) is 4. The van der Waals surface area contributed by atoms with Crippen molar-refractivity contribution in [2.75, 3.05) is 32.3 Å². The molecule has 0 atom stereocenters. The molecular formula is C33H35N3O8S. The maximum atomic E-state index is 13.9. The van der Waals surface area contributed by atoms with Crippen LogP contribution in [-0.2, 0) is 33.5 Å². The van der Waals surface area contributed by atoms with Gasteiger partial charge in [0.2, 0.25) is 15.9 Å². The fourth-order valence-electron chi connectivity index (χ4n) is 5.60. The Bertz CT molecular complexity index is 1890. The van der Waals surface area contributed by atoms with Gasteiger partial charge in [0.25, 0.3) is 5.91 Å². The number of benzene rings is 3. The van der Waals surface area contributed by atoms with E-state index >= 15 is 0 Å². The summed E-state index contributed by atoms with van der Waals surface area (Å²) in [6.07, 6.45) is 1.46. The zero-order valence-corrected chi connectivity index (χ0v) is 26.6. The number of aromatic nitrogens is 1. The van der Waals surface area contributed by atoms with E-state index in [2.05, 4.69) is 9.71 Å². The minimum Gasteiger partial charge on any atom is -0.497 e. The van der Waals surface area contributed by atoms with Gasteiger partial charge < -0.3 is 23.8 Å². The van der Waals surface area contributed by atoms with E-state index < -0.39 is 21.7 Å². The van der Waals surface area contributed by atoms with Gasteiger partial charge >= 0.3 is 0 Å². The molecule has 1 aromatic heterocycles. The Balaban J connectivity index is 1.37. The Morgan fingerprint density at radius 1 is 1.00 bits per heavy atom. The topological polar surface area (TPSA) is 133 Å². The van der Waals surface area contributed by atoms with Gasteiger partial charge in [-0.2, -0.15) is 0 Å². The molecule has 11 nitrogen and oxygen atoms in total. The number of aryl methyl sites for hydroxylation is 1. The Hall–Kier alpha value is -4.84. The molecule has 0 radical (unpaired) electrons. The molecule has 236 valence electrons. The highest BCUT2D eigenvalue weighted by Crippen LogP contribution is 2.45. The lowest BCUT2D eigenvalue weighted by molar-refractivity contribution is -0.118. The summed E-state index contributed by atoms with van der Waals surface area (Å²) in [4.78, 5) is 32.8. The number of carbonyl (C=O) groups is 2. The van der Waals surface area contributed by atoms with Crippen LogP contribution in [0.1, 0.15) is 46.5 Å². The van der Waals surface area contributed by atoms with E-state index in [1.165, 1.54) is 14.2 Å². The number of sulfonamides is 1. The van der Waals surface area contributed by atoms with Gasteiger partial charge in [0.15, 0.2) is 5.75 Å². The van der Waals surface area contributed by atoms with E-state index in [0.29, 0.717) is 80.6 Å². The molecule has 12 heteroatoms. The molecule has 0 saturated carbocycles. The normalized spacial score (nSPS) is 12.6. The van der Waals surface area contributed by atoms with Gasteiger partial charge in [-0.3, -0.25) is 19.3 Å². The standard InChI is InChI=1S/C33H35N3O8S/c1-6-43-31-24-9-8-14-34-30(24)32(44-7-2)25-18-36(33(38)29(25)31)26-12-10-21(15-20(26)3)19-45(39,40)35-28(37)17-22-16-23(41-4)11-13-27(22)42-5/h8-16H,6-7,17-19H2,1-5H3,(H,35,37). The number of hydrogen-bond donors (Lipinski definition) is 1. The molecule has 1 N–H and O–H groups in total. The average molecular weight is 634 g/mol. The molecule has 2 amide bonds. The zero-order valence-electron chi connectivity index (χ0n) is 25.8. The fourth-order valence-corrected chi connectivity index (χ4v) is 6.71. The number of anilines is 1. The van der Waals surface area contributed by atoms with Crippen LogP contribution < -0.4 is 28.6 Å². The first-order valence-corrected chi connectivity index (χ1v) is 16.1. The van der Waals surface area contributed by atoms with Crippen LogP contribution in [-0.4, -0.2) is 52.6 Å². The quantitative estimate of drug-likeness (QED) is 0.236. The maximum Gasteiger partial charge on any atom is 0.262 e. The number of nitrogens with zero attached hydrogens (tertiary/aromatic N) is 2. The first-order valence-electron chi connectivity index (χ1n) is 14.4. The second-order valence-corrected chi connectivity index (χ2v) is 12.2. The van der Waals surface area contributed by atoms with Crippen molar-refractivity contribution >= 4 is 38.4 Å². The lowest BCUT2D eigenvalue weighted by Crippen LogP contribution is -2.33. The van der Waals surface area contributed by atoms with Gasteiger partial charge in [0, 0.05) is 28.4 Å². The number of nitrogens with one attached hydrogen (secondary N) is 1. The van der Waals surface area contributed by atoms with Crippen molar-refractivity contribution in [3.63, 3.8) is 0 Å². The zero-order chi connectivity index (χ0) is 32.3. The summed E-state index contributed by atoms with van der Waals surface area (Å²) in [5.41, 5.74) is 4.01. The van der Waals surface area contributed by atoms with Crippen molar-refractivity contribution in [3.05, 3.63) is 82.5 Å². The minimum atomic E-state index is -4.03. The van der Waals surface area contributed by atoms with E-state index in [1.807, 2.05) is 19.9 Å². The Morgan fingerprint density at radius 2 is 1.76 bits per heavy atom. The molecule has 1 aliphatic heterocycles. The molecule has 0 saturated heterocycles. The van der Waals surface area contributed by atoms with Gasteiger partial charge in [-0.25, -0.2) is 8.42 Å². The number of rotatable bonds is 12. The number of methoxy groups -OCH3 is 2. The van der Waals surface area contributed by atoms with Crippen LogP contribution in [0.15, 0.2) is 54.7 Å². The summed E-state index contributed by atoms with van der Waals surface area (Å²) in [6.45, 7) is 6.53. The molecule has 4 aromatic rings. The van der Waals surface area contributed by atoms with Crippen molar-refractivity contribution in [1.82, 2.24) is 9.71 Å². The monoisotopic (exact) mass is 633 g/mol. The van der Waals surface area contributed by atoms with Crippen LogP contribution in [0.2, 0.25) is 0 Å². The van der Waals surface area contributed by atoms with Crippen LogP contribution in [0, 0.1) is 6.92 Å². The van der Waals surface area contributed by atoms with Crippen LogP contribution in [0.25, 0.3) is 10.9 Å². The summed E-state index contributed by atoms with van der Waals surface area (Å²) < 4.78 is 50.6. The van der Waals surface area contributed by atoms with E-state index in [-0.39, 0.29) is 18.9 Å². The molecule has 0 unspecified atom stereocenters. The van der Waals surface area contributed by atoms with E-state index in [9.17, 15) is 18.0 Å². The highest BCUT2D eigenvalue weighted by atomic mass is 32.2. The van der Waals surface area contributed by atoms with Crippen molar-refractivity contribution in [3.8, 4) is 23.0 Å². The molecule has 0 bridgehead atoms. The first kappa shape index (κ1) is 31.6. The number of amides is 2. The molecular weight excluding hydrogens is 598 g/mol. The molecule has 0 spiro atoms. The van der Waals surface area contributed by atoms with Gasteiger partial charge in [-0.15, -0.1) is 0 Å². The van der Waals surface area contributed by atoms with Crippen LogP contribution in [0.5, 0.6) is 23.0 Å². The lowest BCUT2D eigenvalue weighted by atomic mass is 10.0. The number of hydrogen-bond acceptors (Lipinski definition) is 9. The Morgan fingerprint density at radius 3 is 2.44 bits per heavy atom. The molecule has 2 heterocycles. The van der Waals surface area contributed by atoms with Crippen LogP contribution in [0.3, 0.4) is 0 Å². The Kier molecular flexibility index (Phi) is 9.14. The SMILES string of the molecule is CCOc1c2c(c(OCC)c3ncccc13)CN(c1ccc(CS(=O)(=O)NC(=O)Cc3cc(OC)ccc3OC)cc1C)C2=O. The van der Waals surface area contributed by atoms with Crippen molar-refractivity contribution in [2.45, 2.75) is 39.5 Å². The van der Waals surface area contributed by atoms with E-state index in [4.69, 9.17) is 18.9 Å².